The lowest BCUT2D eigenvalue weighted by Crippen LogP contribution is -2.32. The van der Waals surface area contributed by atoms with E-state index in [1.54, 1.807) is 26.0 Å². The number of carbonyl (C=O) groups excluding carboxylic acids is 2. The molecule has 1 heterocycles. The van der Waals surface area contributed by atoms with Crippen LogP contribution >= 0.6 is 0 Å². The van der Waals surface area contributed by atoms with Crippen molar-refractivity contribution in [3.8, 4) is 0 Å². The molecule has 0 bridgehead atoms. The smallest absolute Gasteiger partial charge is 0.297 e. The third-order valence-corrected chi connectivity index (χ3v) is 6.79. The van der Waals surface area contributed by atoms with Gasteiger partial charge >= 0.3 is 0 Å². The third-order valence-electron chi connectivity index (χ3n) is 5.56. The van der Waals surface area contributed by atoms with Crippen molar-refractivity contribution in [3.63, 3.8) is 0 Å². The molecule has 6 nitrogen and oxygen atoms in total. The predicted molar refractivity (Wildman–Crippen MR) is 120 cm³/mol. The third kappa shape index (κ3) is 4.51. The first kappa shape index (κ1) is 23.0. The van der Waals surface area contributed by atoms with E-state index in [9.17, 15) is 18.0 Å². The number of Topliss-reactive ketones (excluding diaryl/α,β-unsaturated/α-hetero) is 1. The maximum absolute atomic E-state index is 12.8. The van der Waals surface area contributed by atoms with Crippen molar-refractivity contribution >= 4 is 27.8 Å². The highest BCUT2D eigenvalue weighted by Crippen LogP contribution is 2.34. The van der Waals surface area contributed by atoms with Crippen molar-refractivity contribution in [1.82, 2.24) is 4.72 Å². The number of nitrogens with one attached hydrogen (secondary N) is 1. The monoisotopic (exact) mass is 443 g/mol. The second-order valence-corrected chi connectivity index (χ2v) is 10.8. The standard InChI is InChI=1S/C24H29NO5S/c1-14(2)16-8-7-9-17(15(3)4)18(16)12-21(26)25-31(28,29)22-13-19-20(30-22)10-11-24(5,6)23(19)27/h7-11,13-15H,12H2,1-6H3,(H,25,26). The van der Waals surface area contributed by atoms with Crippen molar-refractivity contribution in [3.05, 3.63) is 58.4 Å². The van der Waals surface area contributed by atoms with Gasteiger partial charge in [0.25, 0.3) is 10.0 Å². The number of rotatable bonds is 6. The summed E-state index contributed by atoms with van der Waals surface area (Å²) in [5, 5.41) is -0.442. The van der Waals surface area contributed by atoms with Gasteiger partial charge in [-0.05, 0) is 48.4 Å². The van der Waals surface area contributed by atoms with E-state index < -0.39 is 26.4 Å². The minimum Gasteiger partial charge on any atom is -0.443 e. The van der Waals surface area contributed by atoms with Crippen LogP contribution in [0.5, 0.6) is 0 Å². The van der Waals surface area contributed by atoms with Gasteiger partial charge in [-0.3, -0.25) is 9.59 Å². The Kier molecular flexibility index (Phi) is 6.02. The van der Waals surface area contributed by atoms with Crippen LogP contribution in [0.2, 0.25) is 0 Å². The molecule has 0 saturated carbocycles. The molecule has 7 heteroatoms. The van der Waals surface area contributed by atoms with Crippen molar-refractivity contribution in [1.29, 1.82) is 0 Å². The first-order chi connectivity index (χ1) is 14.3. The van der Waals surface area contributed by atoms with Crippen LogP contribution in [0.3, 0.4) is 0 Å². The van der Waals surface area contributed by atoms with Gasteiger partial charge in [0.2, 0.25) is 11.0 Å². The Morgan fingerprint density at radius 1 is 1.10 bits per heavy atom. The summed E-state index contributed by atoms with van der Waals surface area (Å²) < 4.78 is 33.1. The fourth-order valence-corrected chi connectivity index (χ4v) is 4.77. The van der Waals surface area contributed by atoms with Crippen LogP contribution in [-0.2, 0) is 21.2 Å². The first-order valence-electron chi connectivity index (χ1n) is 10.4. The van der Waals surface area contributed by atoms with Crippen molar-refractivity contribution in [2.45, 2.75) is 64.9 Å². The van der Waals surface area contributed by atoms with Crippen molar-refractivity contribution in [2.24, 2.45) is 5.41 Å². The molecule has 0 atom stereocenters. The summed E-state index contributed by atoms with van der Waals surface area (Å²) >= 11 is 0. The molecule has 31 heavy (non-hydrogen) atoms. The topological polar surface area (TPSA) is 93.4 Å². The van der Waals surface area contributed by atoms with Gasteiger partial charge in [-0.1, -0.05) is 52.0 Å². The van der Waals surface area contributed by atoms with Gasteiger partial charge < -0.3 is 4.42 Å². The van der Waals surface area contributed by atoms with Crippen LogP contribution in [0.15, 0.2) is 39.9 Å². The zero-order valence-electron chi connectivity index (χ0n) is 18.8. The quantitative estimate of drug-likeness (QED) is 0.691. The highest BCUT2D eigenvalue weighted by molar-refractivity contribution is 7.89. The van der Waals surface area contributed by atoms with Gasteiger partial charge in [-0.25, -0.2) is 4.72 Å². The zero-order valence-corrected chi connectivity index (χ0v) is 19.6. The molecule has 0 fully saturated rings. The Morgan fingerprint density at radius 3 is 2.23 bits per heavy atom. The van der Waals surface area contributed by atoms with Crippen LogP contribution in [0, 0.1) is 5.41 Å². The molecule has 0 unspecified atom stereocenters. The summed E-state index contributed by atoms with van der Waals surface area (Å²) in [6, 6.07) is 7.09. The molecule has 1 aliphatic rings. The molecule has 166 valence electrons. The van der Waals surface area contributed by atoms with E-state index in [0.717, 1.165) is 16.7 Å². The van der Waals surface area contributed by atoms with Gasteiger partial charge in [0.05, 0.1) is 12.0 Å². The highest BCUT2D eigenvalue weighted by atomic mass is 32.2. The normalized spacial score (nSPS) is 15.4. The van der Waals surface area contributed by atoms with E-state index in [1.807, 2.05) is 45.9 Å². The molecule has 1 amide bonds. The molecule has 1 aromatic heterocycles. The Morgan fingerprint density at radius 2 is 1.68 bits per heavy atom. The molecular weight excluding hydrogens is 414 g/mol. The fraction of sp³-hybridized carbons (Fsp3) is 0.417. The van der Waals surface area contributed by atoms with Gasteiger partial charge in [0, 0.05) is 11.5 Å². The van der Waals surface area contributed by atoms with E-state index in [1.165, 1.54) is 6.07 Å². The largest absolute Gasteiger partial charge is 0.443 e. The lowest BCUT2D eigenvalue weighted by Gasteiger charge is -2.20. The maximum atomic E-state index is 12.8. The lowest BCUT2D eigenvalue weighted by atomic mass is 9.81. The van der Waals surface area contributed by atoms with Gasteiger partial charge in [-0.15, -0.1) is 0 Å². The van der Waals surface area contributed by atoms with Gasteiger partial charge in [0.1, 0.15) is 5.76 Å². The van der Waals surface area contributed by atoms with Gasteiger partial charge in [-0.2, -0.15) is 8.42 Å². The molecule has 2 aromatic rings. The van der Waals surface area contributed by atoms with E-state index in [2.05, 4.69) is 4.72 Å². The van der Waals surface area contributed by atoms with E-state index in [4.69, 9.17) is 4.42 Å². The molecule has 3 rings (SSSR count). The number of furan rings is 1. The lowest BCUT2D eigenvalue weighted by molar-refractivity contribution is -0.118. The predicted octanol–water partition coefficient (Wildman–Crippen LogP) is 4.81. The molecule has 1 aromatic carbocycles. The highest BCUT2D eigenvalue weighted by Gasteiger charge is 2.35. The number of amides is 1. The SMILES string of the molecule is CC(C)c1cccc(C(C)C)c1CC(=O)NS(=O)(=O)c1cc2c(o1)C=CC(C)(C)C2=O. The van der Waals surface area contributed by atoms with Crippen molar-refractivity contribution in [2.75, 3.05) is 0 Å². The molecule has 0 spiro atoms. The minimum absolute atomic E-state index is 0.0621. The Labute approximate surface area is 183 Å². The number of carbonyl (C=O) groups is 2. The van der Waals surface area contributed by atoms with Crippen molar-refractivity contribution < 1.29 is 22.4 Å². The maximum Gasteiger partial charge on any atom is 0.297 e. The second kappa shape index (κ2) is 8.11. The Balaban J connectivity index is 1.87. The van der Waals surface area contributed by atoms with Gasteiger partial charge in [0.15, 0.2) is 5.78 Å². The Bertz CT molecular complexity index is 1140. The summed E-state index contributed by atoms with van der Waals surface area (Å²) in [6.45, 7) is 11.6. The fourth-order valence-electron chi connectivity index (χ4n) is 3.83. The summed E-state index contributed by atoms with van der Waals surface area (Å²) in [5.74, 6) is -0.308. The van der Waals surface area contributed by atoms with Crippen LogP contribution < -0.4 is 4.72 Å². The average molecular weight is 444 g/mol. The molecule has 1 N–H and O–H groups in total. The zero-order chi connectivity index (χ0) is 23.1. The molecule has 1 aliphatic carbocycles. The average Bonchev–Trinajstić information content (AvgIpc) is 3.10. The van der Waals surface area contributed by atoms with Crippen LogP contribution in [0.1, 0.15) is 86.2 Å². The molecule has 0 aliphatic heterocycles. The number of hydrogen-bond acceptors (Lipinski definition) is 5. The number of hydrogen-bond donors (Lipinski definition) is 1. The first-order valence-corrected chi connectivity index (χ1v) is 11.9. The minimum atomic E-state index is -4.25. The van der Waals surface area contributed by atoms with Crippen LogP contribution in [0.25, 0.3) is 6.08 Å². The summed E-state index contributed by atoms with van der Waals surface area (Å²) in [6.07, 6.45) is 3.20. The molecule has 0 saturated heterocycles. The van der Waals surface area contributed by atoms with Crippen LogP contribution in [0.4, 0.5) is 0 Å². The number of allylic oxidation sites excluding steroid dienone is 1. The number of fused-ring (bicyclic) bond motifs is 1. The van der Waals surface area contributed by atoms with Crippen LogP contribution in [-0.4, -0.2) is 20.1 Å². The van der Waals surface area contributed by atoms with E-state index in [-0.39, 0.29) is 35.4 Å². The van der Waals surface area contributed by atoms with E-state index in [0.29, 0.717) is 0 Å². The number of benzene rings is 1. The molecular formula is C24H29NO5S. The Hall–Kier alpha value is -2.67. The number of ketones is 1. The number of sulfonamides is 1. The second-order valence-electron chi connectivity index (χ2n) is 9.16. The molecule has 0 radical (unpaired) electrons. The summed E-state index contributed by atoms with van der Waals surface area (Å²) in [4.78, 5) is 25.3. The summed E-state index contributed by atoms with van der Waals surface area (Å²) in [5.41, 5.74) is 2.34. The summed E-state index contributed by atoms with van der Waals surface area (Å²) in [7, 11) is -4.25. The van der Waals surface area contributed by atoms with E-state index >= 15 is 0 Å².